The number of rotatable bonds is 3. The largest absolute Gasteiger partial charge is 0.293 e. The lowest BCUT2D eigenvalue weighted by Gasteiger charge is -2.14. The van der Waals surface area contributed by atoms with E-state index in [-0.39, 0.29) is 11.5 Å². The number of aryl methyl sites for hydroxylation is 1. The zero-order valence-corrected chi connectivity index (χ0v) is 14.1. The van der Waals surface area contributed by atoms with Crippen molar-refractivity contribution in [1.82, 2.24) is 4.31 Å². The molecule has 1 saturated heterocycles. The summed E-state index contributed by atoms with van der Waals surface area (Å²) in [5, 5.41) is -1.51. The smallest absolute Gasteiger partial charge is 0.249 e. The number of ketones is 1. The predicted octanol–water partition coefficient (Wildman–Crippen LogP) is 1.97. The zero-order valence-electron chi connectivity index (χ0n) is 13.3. The van der Waals surface area contributed by atoms with E-state index in [1.807, 2.05) is 6.92 Å². The molecule has 1 amide bonds. The molecule has 0 aliphatic carbocycles. The molecule has 123 valence electrons. The van der Waals surface area contributed by atoms with Crippen molar-refractivity contribution in [1.29, 1.82) is 0 Å². The quantitative estimate of drug-likeness (QED) is 0.800. The summed E-state index contributed by atoms with van der Waals surface area (Å²) in [5.41, 5.74) is 1.69. The minimum absolute atomic E-state index is 0.00588. The highest BCUT2D eigenvalue weighted by Gasteiger charge is 2.55. The number of hydrogen-bond acceptors (Lipinski definition) is 4. The molecule has 2 aromatic carbocycles. The van der Waals surface area contributed by atoms with Gasteiger partial charge in [-0.15, -0.1) is 0 Å². The number of benzene rings is 2. The Kier molecular flexibility index (Phi) is 4.01. The summed E-state index contributed by atoms with van der Waals surface area (Å²) >= 11 is 0. The molecule has 0 N–H and O–H groups in total. The summed E-state index contributed by atoms with van der Waals surface area (Å²) in [6, 6.07) is 15.1. The fourth-order valence-corrected chi connectivity index (χ4v) is 4.32. The van der Waals surface area contributed by atoms with Crippen LogP contribution in [0.25, 0.3) is 0 Å². The van der Waals surface area contributed by atoms with Crippen LogP contribution in [0.3, 0.4) is 0 Å². The topological polar surface area (TPSA) is 71.5 Å². The Morgan fingerprint density at radius 3 is 2.17 bits per heavy atom. The Balaban J connectivity index is 2.13. The van der Waals surface area contributed by atoms with Crippen LogP contribution in [-0.4, -0.2) is 36.7 Å². The molecule has 1 atom stereocenters. The highest BCUT2D eigenvalue weighted by Crippen LogP contribution is 2.36. The molecule has 1 aliphatic rings. The molecule has 1 radical (unpaired) electrons. The van der Waals surface area contributed by atoms with Crippen LogP contribution in [0, 0.1) is 12.8 Å². The normalized spacial score (nSPS) is 20.3. The minimum Gasteiger partial charge on any atom is -0.293 e. The second kappa shape index (κ2) is 5.87. The Morgan fingerprint density at radius 1 is 1.00 bits per heavy atom. The lowest BCUT2D eigenvalue weighted by molar-refractivity contribution is -0.122. The van der Waals surface area contributed by atoms with Crippen molar-refractivity contribution in [2.24, 2.45) is 0 Å². The van der Waals surface area contributed by atoms with Gasteiger partial charge in [-0.2, -0.15) is 0 Å². The molecule has 1 unspecified atom stereocenters. The summed E-state index contributed by atoms with van der Waals surface area (Å²) in [5.74, 6) is -1.25. The third-order valence-corrected chi connectivity index (χ3v) is 6.09. The number of hydrogen-bond donors (Lipinski definition) is 0. The van der Waals surface area contributed by atoms with E-state index in [2.05, 4.69) is 0 Å². The van der Waals surface area contributed by atoms with Gasteiger partial charge in [0.2, 0.25) is 15.9 Å². The zero-order chi connectivity index (χ0) is 17.5. The molecular weight excluding hydrogens is 326 g/mol. The van der Waals surface area contributed by atoms with Gasteiger partial charge in [-0.1, -0.05) is 60.2 Å². The molecule has 1 fully saturated rings. The van der Waals surface area contributed by atoms with Gasteiger partial charge in [0.05, 0.1) is 0 Å². The summed E-state index contributed by atoms with van der Waals surface area (Å²) in [4.78, 5) is 25.3. The van der Waals surface area contributed by atoms with Crippen molar-refractivity contribution in [3.8, 4) is 0 Å². The minimum atomic E-state index is -4.07. The summed E-state index contributed by atoms with van der Waals surface area (Å²) in [6.45, 7) is 1.89. The van der Waals surface area contributed by atoms with E-state index in [9.17, 15) is 18.0 Å². The molecule has 5 nitrogen and oxygen atoms in total. The van der Waals surface area contributed by atoms with E-state index >= 15 is 0 Å². The molecule has 0 spiro atoms. The average Bonchev–Trinajstić information content (AvgIpc) is 2.76. The van der Waals surface area contributed by atoms with Crippen molar-refractivity contribution in [2.45, 2.75) is 12.2 Å². The number of amides is 1. The first-order valence-corrected chi connectivity index (χ1v) is 8.89. The lowest BCUT2D eigenvalue weighted by atomic mass is 9.90. The highest BCUT2D eigenvalue weighted by atomic mass is 32.2. The average molecular weight is 342 g/mol. The Labute approximate surface area is 141 Å². The van der Waals surface area contributed by atoms with Crippen molar-refractivity contribution in [3.05, 3.63) is 77.2 Å². The van der Waals surface area contributed by atoms with Crippen molar-refractivity contribution >= 4 is 21.7 Å². The van der Waals surface area contributed by atoms with Crippen molar-refractivity contribution in [2.75, 3.05) is 7.05 Å². The van der Waals surface area contributed by atoms with Crippen molar-refractivity contribution in [3.63, 3.8) is 0 Å². The van der Waals surface area contributed by atoms with Gasteiger partial charge >= 0.3 is 0 Å². The van der Waals surface area contributed by atoms with Crippen LogP contribution < -0.4 is 0 Å². The summed E-state index contributed by atoms with van der Waals surface area (Å²) < 4.78 is 25.9. The maximum Gasteiger partial charge on any atom is 0.249 e. The third kappa shape index (κ3) is 2.53. The Hall–Kier alpha value is -2.47. The lowest BCUT2D eigenvalue weighted by Crippen LogP contribution is -2.34. The molecular formula is C18H16NO4S. The molecule has 2 aromatic rings. The van der Waals surface area contributed by atoms with Crippen LogP contribution >= 0.6 is 0 Å². The molecule has 1 aliphatic heterocycles. The predicted molar refractivity (Wildman–Crippen MR) is 89.8 cm³/mol. The van der Waals surface area contributed by atoms with E-state index in [4.69, 9.17) is 0 Å². The number of likely N-dealkylation sites (N-methyl/N-ethyl adjacent to an activating group) is 1. The molecule has 1 heterocycles. The SMILES string of the molecule is Cc1ccc([C]2C(=O)N(C)S(=O)(=O)C2C(=O)c2ccccc2)cc1. The first-order valence-electron chi connectivity index (χ1n) is 7.39. The van der Waals surface area contributed by atoms with Gasteiger partial charge in [0.15, 0.2) is 11.0 Å². The fourth-order valence-electron chi connectivity index (χ4n) is 2.73. The van der Waals surface area contributed by atoms with Gasteiger partial charge in [0, 0.05) is 12.6 Å². The van der Waals surface area contributed by atoms with E-state index < -0.39 is 27.0 Å². The van der Waals surface area contributed by atoms with Gasteiger partial charge in [-0.05, 0) is 12.5 Å². The standard InChI is InChI=1S/C18H16NO4S/c1-12-8-10-13(11-9-12)15-17(24(22,23)19(2)18(15)21)16(20)14-6-4-3-5-7-14/h3-11,17H,1-2H3. The Morgan fingerprint density at radius 2 is 1.58 bits per heavy atom. The third-order valence-electron chi connectivity index (χ3n) is 4.12. The fraction of sp³-hybridized carbons (Fsp3) is 0.167. The number of nitrogens with zero attached hydrogens (tertiary/aromatic N) is 1. The van der Waals surface area contributed by atoms with Crippen LogP contribution in [0.5, 0.6) is 0 Å². The summed E-state index contributed by atoms with van der Waals surface area (Å²) in [7, 11) is -2.89. The monoisotopic (exact) mass is 342 g/mol. The number of Topliss-reactive ketones (excluding diaryl/α,β-unsaturated/α-hetero) is 1. The van der Waals surface area contributed by atoms with E-state index in [1.165, 1.54) is 7.05 Å². The number of carbonyl (C=O) groups excluding carboxylic acids is 2. The van der Waals surface area contributed by atoms with Gasteiger partial charge < -0.3 is 0 Å². The summed E-state index contributed by atoms with van der Waals surface area (Å²) in [6.07, 6.45) is 0. The van der Waals surface area contributed by atoms with Gasteiger partial charge in [-0.3, -0.25) is 9.59 Å². The molecule has 24 heavy (non-hydrogen) atoms. The molecule has 0 aromatic heterocycles. The van der Waals surface area contributed by atoms with Crippen LogP contribution in [0.2, 0.25) is 0 Å². The maximum absolute atomic E-state index is 12.8. The molecule has 0 saturated carbocycles. The van der Waals surface area contributed by atoms with Crippen LogP contribution in [-0.2, 0) is 14.8 Å². The first kappa shape index (κ1) is 16.4. The van der Waals surface area contributed by atoms with E-state index in [0.29, 0.717) is 9.87 Å². The van der Waals surface area contributed by atoms with Gasteiger partial charge in [0.1, 0.15) is 5.92 Å². The molecule has 6 heteroatoms. The van der Waals surface area contributed by atoms with Crippen molar-refractivity contribution < 1.29 is 18.0 Å². The van der Waals surface area contributed by atoms with Crippen LogP contribution in [0.15, 0.2) is 54.6 Å². The van der Waals surface area contributed by atoms with Gasteiger partial charge in [-0.25, -0.2) is 12.7 Å². The highest BCUT2D eigenvalue weighted by molar-refractivity contribution is 7.91. The molecule has 3 rings (SSSR count). The second-order valence-electron chi connectivity index (χ2n) is 5.71. The maximum atomic E-state index is 12.8. The van der Waals surface area contributed by atoms with E-state index in [0.717, 1.165) is 5.56 Å². The second-order valence-corrected chi connectivity index (χ2v) is 7.76. The number of carbonyl (C=O) groups is 2. The first-order chi connectivity index (χ1) is 11.3. The van der Waals surface area contributed by atoms with Crippen LogP contribution in [0.4, 0.5) is 0 Å². The van der Waals surface area contributed by atoms with Gasteiger partial charge in [0.25, 0.3) is 0 Å². The van der Waals surface area contributed by atoms with E-state index in [1.54, 1.807) is 54.6 Å². The Bertz CT molecular complexity index is 888. The van der Waals surface area contributed by atoms with Crippen LogP contribution in [0.1, 0.15) is 21.5 Å². The molecule has 0 bridgehead atoms. The number of sulfonamides is 1.